The van der Waals surface area contributed by atoms with Crippen molar-refractivity contribution in [2.45, 2.75) is 12.3 Å². The molecule has 1 aromatic heterocycles. The first-order valence-electron chi connectivity index (χ1n) is 9.86. The van der Waals surface area contributed by atoms with Crippen molar-refractivity contribution in [3.8, 4) is 16.9 Å². The fraction of sp³-hybridized carbons (Fsp3) is 0.125. The van der Waals surface area contributed by atoms with Crippen molar-refractivity contribution in [2.75, 3.05) is 12.4 Å². The van der Waals surface area contributed by atoms with Gasteiger partial charge in [0, 0.05) is 10.9 Å². The van der Waals surface area contributed by atoms with Crippen molar-refractivity contribution >= 4 is 28.6 Å². The number of fused-ring (bicyclic) bond motifs is 1. The molecule has 0 aliphatic heterocycles. The smallest absolute Gasteiger partial charge is 0.304 e. The van der Waals surface area contributed by atoms with Gasteiger partial charge < -0.3 is 15.2 Å². The zero-order chi connectivity index (χ0) is 22.7. The van der Waals surface area contributed by atoms with Crippen LogP contribution >= 0.6 is 0 Å². The Hall–Kier alpha value is -4.20. The van der Waals surface area contributed by atoms with Crippen molar-refractivity contribution in [3.63, 3.8) is 0 Å². The number of hydrogen-bond acceptors (Lipinski definition) is 4. The number of benzene rings is 3. The van der Waals surface area contributed by atoms with E-state index >= 15 is 0 Å². The molecule has 1 amide bonds. The van der Waals surface area contributed by atoms with Gasteiger partial charge in [-0.15, -0.1) is 0 Å². The number of aliphatic carboxylic acids is 1. The molecule has 0 spiro atoms. The van der Waals surface area contributed by atoms with Gasteiger partial charge in [0.25, 0.3) is 0 Å². The summed E-state index contributed by atoms with van der Waals surface area (Å²) in [4.78, 5) is 24.2. The van der Waals surface area contributed by atoms with Crippen molar-refractivity contribution in [2.24, 2.45) is 0 Å². The predicted octanol–water partition coefficient (Wildman–Crippen LogP) is 4.57. The summed E-state index contributed by atoms with van der Waals surface area (Å²) in [6.45, 7) is 0. The number of H-pyrrole nitrogens is 1. The van der Waals surface area contributed by atoms with Gasteiger partial charge in [-0.05, 0) is 41.5 Å². The first-order chi connectivity index (χ1) is 15.5. The summed E-state index contributed by atoms with van der Waals surface area (Å²) in [6, 6.07) is 18.3. The minimum atomic E-state index is -1.07. The van der Waals surface area contributed by atoms with Gasteiger partial charge in [-0.3, -0.25) is 14.7 Å². The quantitative estimate of drug-likeness (QED) is 0.396. The highest BCUT2D eigenvalue weighted by atomic mass is 19.1. The van der Waals surface area contributed by atoms with E-state index in [0.717, 1.165) is 0 Å². The Labute approximate surface area is 182 Å². The normalized spacial score (nSPS) is 11.8. The Morgan fingerprint density at radius 2 is 1.91 bits per heavy atom. The van der Waals surface area contributed by atoms with Gasteiger partial charge in [0.2, 0.25) is 5.91 Å². The molecule has 1 unspecified atom stereocenters. The number of amides is 1. The summed E-state index contributed by atoms with van der Waals surface area (Å²) in [7, 11) is 1.51. The molecule has 0 saturated carbocycles. The maximum Gasteiger partial charge on any atom is 0.304 e. The Morgan fingerprint density at radius 1 is 1.12 bits per heavy atom. The van der Waals surface area contributed by atoms with Crippen LogP contribution in [0.25, 0.3) is 22.0 Å². The van der Waals surface area contributed by atoms with Crippen LogP contribution in [-0.4, -0.2) is 34.3 Å². The molecule has 1 heterocycles. The van der Waals surface area contributed by atoms with Gasteiger partial charge in [-0.25, -0.2) is 4.39 Å². The summed E-state index contributed by atoms with van der Waals surface area (Å²) < 4.78 is 19.1. The highest BCUT2D eigenvalue weighted by molar-refractivity contribution is 6.03. The van der Waals surface area contributed by atoms with E-state index in [4.69, 9.17) is 4.74 Å². The van der Waals surface area contributed by atoms with Gasteiger partial charge >= 0.3 is 5.97 Å². The van der Waals surface area contributed by atoms with Gasteiger partial charge in [0.1, 0.15) is 11.6 Å². The van der Waals surface area contributed by atoms with Gasteiger partial charge in [-0.1, -0.05) is 36.4 Å². The number of carboxylic acid groups (broad SMARTS) is 1. The lowest BCUT2D eigenvalue weighted by Gasteiger charge is -2.14. The van der Waals surface area contributed by atoms with Crippen LogP contribution in [0.3, 0.4) is 0 Å². The Bertz CT molecular complexity index is 1290. The first-order valence-corrected chi connectivity index (χ1v) is 9.86. The molecule has 0 bridgehead atoms. The molecule has 3 N–H and O–H groups in total. The molecule has 1 atom stereocenters. The molecule has 0 saturated heterocycles. The molecular weight excluding hydrogens is 413 g/mol. The molecule has 32 heavy (non-hydrogen) atoms. The van der Waals surface area contributed by atoms with Crippen LogP contribution in [0.2, 0.25) is 0 Å². The van der Waals surface area contributed by atoms with E-state index in [1.54, 1.807) is 54.6 Å². The third-order valence-corrected chi connectivity index (χ3v) is 5.17. The Kier molecular flexibility index (Phi) is 5.85. The number of methoxy groups -OCH3 is 1. The fourth-order valence-electron chi connectivity index (χ4n) is 3.61. The number of ether oxygens (including phenoxy) is 1. The van der Waals surface area contributed by atoms with Crippen LogP contribution in [0.15, 0.2) is 66.7 Å². The number of aromatic nitrogens is 2. The average Bonchev–Trinajstić information content (AvgIpc) is 3.19. The number of aromatic amines is 1. The van der Waals surface area contributed by atoms with Crippen molar-refractivity contribution in [1.82, 2.24) is 10.2 Å². The molecule has 4 rings (SSSR count). The van der Waals surface area contributed by atoms with Gasteiger partial charge in [-0.2, -0.15) is 5.10 Å². The topological polar surface area (TPSA) is 104 Å². The van der Waals surface area contributed by atoms with Crippen LogP contribution in [-0.2, 0) is 9.59 Å². The first kappa shape index (κ1) is 21.0. The number of nitrogens with one attached hydrogen (secondary N) is 2. The zero-order valence-electron chi connectivity index (χ0n) is 17.1. The van der Waals surface area contributed by atoms with E-state index < -0.39 is 17.8 Å². The lowest BCUT2D eigenvalue weighted by atomic mass is 9.95. The minimum Gasteiger partial charge on any atom is -0.496 e. The molecule has 4 aromatic rings. The monoisotopic (exact) mass is 433 g/mol. The molecule has 3 aromatic carbocycles. The van der Waals surface area contributed by atoms with E-state index in [0.29, 0.717) is 33.3 Å². The van der Waals surface area contributed by atoms with Crippen LogP contribution in [0, 0.1) is 5.82 Å². The largest absolute Gasteiger partial charge is 0.496 e. The molecule has 0 radical (unpaired) electrons. The molecule has 0 aliphatic rings. The number of halogens is 1. The molecule has 162 valence electrons. The predicted molar refractivity (Wildman–Crippen MR) is 118 cm³/mol. The number of anilines is 1. The second-order valence-electron chi connectivity index (χ2n) is 7.23. The molecule has 0 aliphatic carbocycles. The molecule has 0 fully saturated rings. The zero-order valence-corrected chi connectivity index (χ0v) is 17.1. The summed E-state index contributed by atoms with van der Waals surface area (Å²) in [6.07, 6.45) is -0.346. The third-order valence-electron chi connectivity index (χ3n) is 5.17. The van der Waals surface area contributed by atoms with Crippen molar-refractivity contribution in [1.29, 1.82) is 0 Å². The van der Waals surface area contributed by atoms with Crippen molar-refractivity contribution < 1.29 is 23.8 Å². The van der Waals surface area contributed by atoms with Gasteiger partial charge in [0.15, 0.2) is 5.82 Å². The van der Waals surface area contributed by atoms with E-state index in [1.165, 1.54) is 19.2 Å². The third kappa shape index (κ3) is 4.29. The fourth-order valence-corrected chi connectivity index (χ4v) is 3.61. The summed E-state index contributed by atoms with van der Waals surface area (Å²) in [5.41, 5.74) is 2.52. The maximum atomic E-state index is 13.8. The second kappa shape index (κ2) is 8.89. The molecule has 7 nitrogen and oxygen atoms in total. The van der Waals surface area contributed by atoms with Crippen LogP contribution in [0.4, 0.5) is 10.2 Å². The van der Waals surface area contributed by atoms with E-state index in [1.807, 2.05) is 0 Å². The number of carbonyl (C=O) groups is 2. The lowest BCUT2D eigenvalue weighted by molar-refractivity contribution is -0.139. The summed E-state index contributed by atoms with van der Waals surface area (Å²) in [5, 5.41) is 19.7. The Balaban J connectivity index is 1.64. The number of carboxylic acids is 1. The molecular formula is C24H20FN3O4. The summed E-state index contributed by atoms with van der Waals surface area (Å²) in [5.74, 6) is -1.98. The second-order valence-corrected chi connectivity index (χ2v) is 7.23. The average molecular weight is 433 g/mol. The van der Waals surface area contributed by atoms with E-state index in [-0.39, 0.29) is 18.1 Å². The highest BCUT2D eigenvalue weighted by Crippen LogP contribution is 2.34. The lowest BCUT2D eigenvalue weighted by Crippen LogP contribution is -2.23. The SMILES string of the molecule is COc1ccc(F)cc1-c1ccc2c(NC(=O)C(CC(=O)O)c3ccccc3)n[nH]c2c1. The maximum absolute atomic E-state index is 13.8. The highest BCUT2D eigenvalue weighted by Gasteiger charge is 2.25. The Morgan fingerprint density at radius 3 is 2.62 bits per heavy atom. The number of nitrogens with zero attached hydrogens (tertiary/aromatic N) is 1. The van der Waals surface area contributed by atoms with Crippen LogP contribution in [0.5, 0.6) is 5.75 Å². The summed E-state index contributed by atoms with van der Waals surface area (Å²) >= 11 is 0. The number of rotatable bonds is 7. The number of hydrogen-bond donors (Lipinski definition) is 3. The van der Waals surface area contributed by atoms with E-state index in [9.17, 15) is 19.1 Å². The standard InChI is InChI=1S/C24H20FN3O4/c1-32-21-10-8-16(25)12-18(21)15-7-9-17-20(11-15)27-28-23(17)26-24(31)19(13-22(29)30)14-5-3-2-4-6-14/h2-12,19H,13H2,1H3,(H,29,30)(H2,26,27,28,31). The van der Waals surface area contributed by atoms with Crippen LogP contribution < -0.4 is 10.1 Å². The number of carbonyl (C=O) groups excluding carboxylic acids is 1. The minimum absolute atomic E-state index is 0.286. The van der Waals surface area contributed by atoms with Gasteiger partial charge in [0.05, 0.1) is 25.0 Å². The van der Waals surface area contributed by atoms with Crippen LogP contribution in [0.1, 0.15) is 17.9 Å². The van der Waals surface area contributed by atoms with Crippen molar-refractivity contribution in [3.05, 3.63) is 78.1 Å². The van der Waals surface area contributed by atoms with E-state index in [2.05, 4.69) is 15.5 Å². The molecule has 8 heteroatoms.